The Balaban J connectivity index is 0.000000277. The van der Waals surface area contributed by atoms with Gasteiger partial charge in [0.25, 0.3) is 0 Å². The molecule has 0 fully saturated rings. The maximum Gasteiger partial charge on any atom is 0.414 e. The number of anilines is 1. The Morgan fingerprint density at radius 3 is 2.26 bits per heavy atom. The molecular formula is C16H15NO6. The quantitative estimate of drug-likeness (QED) is 0.745. The summed E-state index contributed by atoms with van der Waals surface area (Å²) in [6, 6.07) is 16.1. The summed E-state index contributed by atoms with van der Waals surface area (Å²) in [4.78, 5) is 18.2. The van der Waals surface area contributed by atoms with Crippen molar-refractivity contribution in [2.24, 2.45) is 0 Å². The van der Waals surface area contributed by atoms with Gasteiger partial charge in [0.1, 0.15) is 0 Å². The third kappa shape index (κ3) is 4.92. The molecule has 0 amide bonds. The van der Waals surface area contributed by atoms with Gasteiger partial charge in [-0.3, -0.25) is 0 Å². The average Bonchev–Trinajstić information content (AvgIpc) is 3.02. The summed E-state index contributed by atoms with van der Waals surface area (Å²) in [7, 11) is 0. The molecule has 120 valence electrons. The standard InChI is InChI=1S/C14H13NO2.C2H2O4/c1-2-4-12(5-3-1)15-9-11-6-7-13-14(8-11)17-10-16-13;3-1(4)2(5)6/h1-8,15H,9-10H2;(H,3,4)(H,5,6). The zero-order chi connectivity index (χ0) is 16.7. The first-order chi connectivity index (χ1) is 11.1. The zero-order valence-electron chi connectivity index (χ0n) is 12.1. The lowest BCUT2D eigenvalue weighted by Crippen LogP contribution is -2.09. The van der Waals surface area contributed by atoms with Crippen LogP contribution in [0.2, 0.25) is 0 Å². The molecule has 1 aliphatic rings. The van der Waals surface area contributed by atoms with Crippen LogP contribution >= 0.6 is 0 Å². The largest absolute Gasteiger partial charge is 0.473 e. The Hall–Kier alpha value is -3.22. The first-order valence-corrected chi connectivity index (χ1v) is 6.70. The van der Waals surface area contributed by atoms with Gasteiger partial charge in [-0.2, -0.15) is 0 Å². The van der Waals surface area contributed by atoms with E-state index in [-0.39, 0.29) is 0 Å². The Kier molecular flexibility index (Phi) is 5.40. The van der Waals surface area contributed by atoms with Crippen LogP contribution in [-0.4, -0.2) is 28.9 Å². The van der Waals surface area contributed by atoms with Gasteiger partial charge in [0, 0.05) is 12.2 Å². The lowest BCUT2D eigenvalue weighted by molar-refractivity contribution is -0.159. The van der Waals surface area contributed by atoms with E-state index in [0.717, 1.165) is 23.7 Å². The van der Waals surface area contributed by atoms with Gasteiger partial charge in [0.05, 0.1) is 0 Å². The molecule has 0 atom stereocenters. The van der Waals surface area contributed by atoms with Crippen molar-refractivity contribution < 1.29 is 29.3 Å². The Morgan fingerprint density at radius 1 is 0.957 bits per heavy atom. The number of nitrogens with one attached hydrogen (secondary N) is 1. The normalized spacial score (nSPS) is 11.1. The van der Waals surface area contributed by atoms with Gasteiger partial charge in [-0.05, 0) is 29.8 Å². The van der Waals surface area contributed by atoms with Crippen LogP contribution in [0, 0.1) is 0 Å². The molecule has 2 aromatic carbocycles. The minimum Gasteiger partial charge on any atom is -0.473 e. The molecule has 0 radical (unpaired) electrons. The summed E-state index contributed by atoms with van der Waals surface area (Å²) in [5, 5.41) is 18.1. The van der Waals surface area contributed by atoms with Gasteiger partial charge in [-0.25, -0.2) is 9.59 Å². The fourth-order valence-corrected chi connectivity index (χ4v) is 1.81. The topological polar surface area (TPSA) is 105 Å². The number of aliphatic carboxylic acids is 2. The molecule has 2 aromatic rings. The molecule has 0 saturated carbocycles. The van der Waals surface area contributed by atoms with E-state index >= 15 is 0 Å². The number of hydrogen-bond acceptors (Lipinski definition) is 5. The highest BCUT2D eigenvalue weighted by Gasteiger charge is 2.12. The minimum absolute atomic E-state index is 0.324. The number of carbonyl (C=O) groups is 2. The maximum absolute atomic E-state index is 9.10. The number of benzene rings is 2. The predicted molar refractivity (Wildman–Crippen MR) is 81.6 cm³/mol. The molecule has 0 unspecified atom stereocenters. The molecular weight excluding hydrogens is 302 g/mol. The summed E-state index contributed by atoms with van der Waals surface area (Å²) in [5.74, 6) is -1.99. The van der Waals surface area contributed by atoms with Crippen LogP contribution in [0.15, 0.2) is 48.5 Å². The SMILES string of the molecule is O=C(O)C(=O)O.c1ccc(NCc2ccc3c(c2)OCO3)cc1. The van der Waals surface area contributed by atoms with Crippen LogP contribution < -0.4 is 14.8 Å². The summed E-state index contributed by atoms with van der Waals surface area (Å²) in [6.07, 6.45) is 0. The first kappa shape index (κ1) is 16.2. The fraction of sp³-hybridized carbons (Fsp3) is 0.125. The van der Waals surface area contributed by atoms with E-state index in [2.05, 4.69) is 5.32 Å². The van der Waals surface area contributed by atoms with Crippen LogP contribution in [0.25, 0.3) is 0 Å². The van der Waals surface area contributed by atoms with E-state index in [9.17, 15) is 0 Å². The van der Waals surface area contributed by atoms with E-state index in [1.54, 1.807) is 0 Å². The summed E-state index contributed by atoms with van der Waals surface area (Å²) >= 11 is 0. The number of para-hydroxylation sites is 1. The second-order valence-corrected chi connectivity index (χ2v) is 4.52. The van der Waals surface area contributed by atoms with E-state index in [4.69, 9.17) is 29.3 Å². The lowest BCUT2D eigenvalue weighted by atomic mass is 10.2. The Bertz CT molecular complexity index is 674. The van der Waals surface area contributed by atoms with E-state index in [0.29, 0.717) is 6.79 Å². The fourth-order valence-electron chi connectivity index (χ4n) is 1.81. The number of hydrogen-bond donors (Lipinski definition) is 3. The van der Waals surface area contributed by atoms with Gasteiger partial charge < -0.3 is 25.0 Å². The van der Waals surface area contributed by atoms with Crippen molar-refractivity contribution in [2.75, 3.05) is 12.1 Å². The van der Waals surface area contributed by atoms with Crippen molar-refractivity contribution in [3.63, 3.8) is 0 Å². The average molecular weight is 317 g/mol. The van der Waals surface area contributed by atoms with Gasteiger partial charge >= 0.3 is 11.9 Å². The van der Waals surface area contributed by atoms with Crippen molar-refractivity contribution in [3.05, 3.63) is 54.1 Å². The van der Waals surface area contributed by atoms with Crippen LogP contribution in [0.3, 0.4) is 0 Å². The van der Waals surface area contributed by atoms with Gasteiger partial charge in [-0.15, -0.1) is 0 Å². The van der Waals surface area contributed by atoms with Crippen molar-refractivity contribution in [1.82, 2.24) is 0 Å². The highest BCUT2D eigenvalue weighted by atomic mass is 16.7. The van der Waals surface area contributed by atoms with Gasteiger partial charge in [0.2, 0.25) is 6.79 Å². The number of carboxylic acid groups (broad SMARTS) is 2. The van der Waals surface area contributed by atoms with Crippen molar-refractivity contribution in [1.29, 1.82) is 0 Å². The van der Waals surface area contributed by atoms with Crippen molar-refractivity contribution in [2.45, 2.75) is 6.54 Å². The van der Waals surface area contributed by atoms with Crippen molar-refractivity contribution >= 4 is 17.6 Å². The molecule has 7 heteroatoms. The third-order valence-electron chi connectivity index (χ3n) is 2.89. The molecule has 0 bridgehead atoms. The molecule has 0 aromatic heterocycles. The molecule has 0 saturated heterocycles. The third-order valence-corrected chi connectivity index (χ3v) is 2.89. The van der Waals surface area contributed by atoms with Crippen molar-refractivity contribution in [3.8, 4) is 11.5 Å². The highest BCUT2D eigenvalue weighted by molar-refractivity contribution is 6.27. The Labute approximate surface area is 132 Å². The first-order valence-electron chi connectivity index (χ1n) is 6.70. The molecule has 0 spiro atoms. The maximum atomic E-state index is 9.10. The van der Waals surface area contributed by atoms with Crippen LogP contribution in [0.1, 0.15) is 5.56 Å². The van der Waals surface area contributed by atoms with Crippen LogP contribution in [0.4, 0.5) is 5.69 Å². The highest BCUT2D eigenvalue weighted by Crippen LogP contribution is 2.32. The number of ether oxygens (including phenoxy) is 2. The Morgan fingerprint density at radius 2 is 1.61 bits per heavy atom. The summed E-state index contributed by atoms with van der Waals surface area (Å²) in [5.41, 5.74) is 2.29. The van der Waals surface area contributed by atoms with E-state index < -0.39 is 11.9 Å². The summed E-state index contributed by atoms with van der Waals surface area (Å²) < 4.78 is 10.6. The van der Waals surface area contributed by atoms with E-state index in [1.165, 1.54) is 5.56 Å². The number of rotatable bonds is 3. The van der Waals surface area contributed by atoms with Gasteiger partial charge in [-0.1, -0.05) is 24.3 Å². The van der Waals surface area contributed by atoms with Crippen LogP contribution in [-0.2, 0) is 16.1 Å². The second kappa shape index (κ2) is 7.69. The molecule has 23 heavy (non-hydrogen) atoms. The van der Waals surface area contributed by atoms with Gasteiger partial charge in [0.15, 0.2) is 11.5 Å². The molecule has 3 N–H and O–H groups in total. The number of carboxylic acids is 2. The summed E-state index contributed by atoms with van der Waals surface area (Å²) in [6.45, 7) is 1.10. The lowest BCUT2D eigenvalue weighted by Gasteiger charge is -2.06. The van der Waals surface area contributed by atoms with E-state index in [1.807, 2.05) is 48.5 Å². The molecule has 1 aliphatic heterocycles. The second-order valence-electron chi connectivity index (χ2n) is 4.52. The van der Waals surface area contributed by atoms with Crippen LogP contribution in [0.5, 0.6) is 11.5 Å². The number of fused-ring (bicyclic) bond motifs is 1. The predicted octanol–water partition coefficient (Wildman–Crippen LogP) is 2.18. The molecule has 0 aliphatic carbocycles. The monoisotopic (exact) mass is 317 g/mol. The molecule has 7 nitrogen and oxygen atoms in total. The molecule has 3 rings (SSSR count). The molecule has 1 heterocycles. The minimum atomic E-state index is -1.82. The smallest absolute Gasteiger partial charge is 0.414 e. The zero-order valence-corrected chi connectivity index (χ0v) is 12.1.